The fourth-order valence-corrected chi connectivity index (χ4v) is 5.84. The molecule has 0 spiro atoms. The van der Waals surface area contributed by atoms with Gasteiger partial charge in [0.25, 0.3) is 0 Å². The largest absolute Gasteiger partial charge is 0.439 e. The van der Waals surface area contributed by atoms with E-state index in [1.807, 2.05) is 11.5 Å². The lowest BCUT2D eigenvalue weighted by molar-refractivity contribution is -0.0651. The number of nitrogens with zero attached hydrogens (tertiary/aromatic N) is 6. The molecule has 2 fully saturated rings. The van der Waals surface area contributed by atoms with Gasteiger partial charge in [-0.2, -0.15) is 0 Å². The Balaban J connectivity index is 1.61. The molecule has 0 amide bonds. The second-order valence-corrected chi connectivity index (χ2v) is 11.1. The van der Waals surface area contributed by atoms with Crippen LogP contribution in [0.15, 0.2) is 27.8 Å². The van der Waals surface area contributed by atoms with Crippen molar-refractivity contribution in [1.29, 1.82) is 0 Å². The number of hydrogen-bond donors (Lipinski definition) is 1. The second-order valence-electron chi connectivity index (χ2n) is 10.7. The Labute approximate surface area is 223 Å². The fraction of sp³-hybridized carbons (Fsp3) is 0.538. The zero-order chi connectivity index (χ0) is 26.4. The molecular weight excluding hydrogens is 513 g/mol. The second kappa shape index (κ2) is 9.85. The summed E-state index contributed by atoms with van der Waals surface area (Å²) in [6, 6.07) is 1.74. The highest BCUT2D eigenvalue weighted by Crippen LogP contribution is 2.43. The Hall–Kier alpha value is -3.18. The van der Waals surface area contributed by atoms with Gasteiger partial charge in [0.05, 0.1) is 18.2 Å². The number of nitrogens with one attached hydrogen (secondary N) is 1. The van der Waals surface area contributed by atoms with Crippen molar-refractivity contribution in [3.8, 4) is 22.9 Å². The highest BCUT2D eigenvalue weighted by molar-refractivity contribution is 6.30. The maximum Gasteiger partial charge on any atom is 0.439 e. The van der Waals surface area contributed by atoms with Gasteiger partial charge in [-0.05, 0) is 30.7 Å². The Bertz CT molecular complexity index is 1530. The molecule has 0 radical (unpaired) electrons. The van der Waals surface area contributed by atoms with Crippen molar-refractivity contribution in [2.75, 3.05) is 13.2 Å². The van der Waals surface area contributed by atoms with Crippen LogP contribution in [-0.4, -0.2) is 47.9 Å². The third kappa shape index (κ3) is 4.51. The van der Waals surface area contributed by atoms with E-state index in [0.29, 0.717) is 64.9 Å². The maximum absolute atomic E-state index is 16.9. The van der Waals surface area contributed by atoms with Gasteiger partial charge in [0.15, 0.2) is 11.3 Å². The van der Waals surface area contributed by atoms with Crippen molar-refractivity contribution in [3.05, 3.63) is 39.9 Å². The van der Waals surface area contributed by atoms with Crippen molar-refractivity contribution >= 4 is 22.8 Å². The molecule has 4 aromatic rings. The molecule has 2 aliphatic rings. The summed E-state index contributed by atoms with van der Waals surface area (Å²) < 4.78 is 29.2. The number of halogens is 2. The molecule has 4 aromatic heterocycles. The Morgan fingerprint density at radius 1 is 1.18 bits per heavy atom. The van der Waals surface area contributed by atoms with Crippen molar-refractivity contribution in [2.45, 2.75) is 58.2 Å². The van der Waals surface area contributed by atoms with Crippen LogP contribution in [0, 0.1) is 17.8 Å². The van der Waals surface area contributed by atoms with E-state index in [4.69, 9.17) is 26.3 Å². The number of hydrogen-bond acceptors (Lipinski definition) is 8. The van der Waals surface area contributed by atoms with Gasteiger partial charge in [0.1, 0.15) is 17.0 Å². The minimum Gasteiger partial charge on any atom is -0.381 e. The zero-order valence-corrected chi connectivity index (χ0v) is 22.0. The number of alkyl halides is 1. The molecule has 0 bridgehead atoms. The Morgan fingerprint density at radius 2 is 2.00 bits per heavy atom. The lowest BCUT2D eigenvalue weighted by atomic mass is 9.82. The van der Waals surface area contributed by atoms with Gasteiger partial charge in [-0.15, -0.1) is 0 Å². The lowest BCUT2D eigenvalue weighted by Crippen LogP contribution is -2.40. The lowest BCUT2D eigenvalue weighted by Gasteiger charge is -2.36. The van der Waals surface area contributed by atoms with E-state index in [1.54, 1.807) is 12.3 Å². The van der Waals surface area contributed by atoms with Crippen LogP contribution in [0.5, 0.6) is 0 Å². The zero-order valence-electron chi connectivity index (χ0n) is 21.3. The molecule has 0 aromatic carbocycles. The molecule has 1 N–H and O–H groups in total. The first-order valence-corrected chi connectivity index (χ1v) is 13.4. The van der Waals surface area contributed by atoms with E-state index >= 15 is 4.39 Å². The molecule has 38 heavy (non-hydrogen) atoms. The molecule has 1 aliphatic heterocycles. The summed E-state index contributed by atoms with van der Waals surface area (Å²) in [4.78, 5) is 32.6. The van der Waals surface area contributed by atoms with Gasteiger partial charge in [0, 0.05) is 36.8 Å². The number of aromatic amines is 1. The summed E-state index contributed by atoms with van der Waals surface area (Å²) in [7, 11) is 0. The Morgan fingerprint density at radius 3 is 2.71 bits per heavy atom. The molecule has 2 atom stereocenters. The van der Waals surface area contributed by atoms with Gasteiger partial charge < -0.3 is 9.30 Å². The third-order valence-electron chi connectivity index (χ3n) is 7.94. The molecule has 1 saturated heterocycles. The SMILES string of the molecule is CC1COCCC1(F)c1nc2nc(-c3noc(=O)[nH]3)nc(-c3cncc(Cl)c3)c2n1C[C@H]1CC[C@H](C)CC1. The summed E-state index contributed by atoms with van der Waals surface area (Å²) in [5.74, 6) is 0.432. The number of ether oxygens (including phenoxy) is 1. The van der Waals surface area contributed by atoms with Crippen molar-refractivity contribution in [3.63, 3.8) is 0 Å². The number of fused-ring (bicyclic) bond motifs is 1. The van der Waals surface area contributed by atoms with Gasteiger partial charge in [-0.1, -0.05) is 43.4 Å². The topological polar surface area (TPSA) is 125 Å². The highest BCUT2D eigenvalue weighted by atomic mass is 35.5. The third-order valence-corrected chi connectivity index (χ3v) is 8.15. The van der Waals surface area contributed by atoms with Crippen LogP contribution < -0.4 is 5.76 Å². The van der Waals surface area contributed by atoms with Crippen LogP contribution in [0.2, 0.25) is 5.02 Å². The smallest absolute Gasteiger partial charge is 0.381 e. The van der Waals surface area contributed by atoms with E-state index < -0.39 is 17.3 Å². The number of H-pyrrole nitrogens is 1. The van der Waals surface area contributed by atoms with E-state index in [0.717, 1.165) is 25.7 Å². The van der Waals surface area contributed by atoms with E-state index in [1.165, 1.54) is 6.20 Å². The summed E-state index contributed by atoms with van der Waals surface area (Å²) in [5, 5.41) is 4.18. The van der Waals surface area contributed by atoms with E-state index in [-0.39, 0.29) is 18.1 Å². The van der Waals surface area contributed by atoms with Crippen molar-refractivity contribution in [2.24, 2.45) is 17.8 Å². The first-order valence-electron chi connectivity index (χ1n) is 13.0. The fourth-order valence-electron chi connectivity index (χ4n) is 5.67. The van der Waals surface area contributed by atoms with Crippen LogP contribution >= 0.6 is 11.6 Å². The molecule has 6 rings (SSSR count). The summed E-state index contributed by atoms with van der Waals surface area (Å²) in [6.07, 6.45) is 7.78. The number of aromatic nitrogens is 7. The molecule has 2 unspecified atom stereocenters. The van der Waals surface area contributed by atoms with Crippen LogP contribution in [0.25, 0.3) is 34.1 Å². The molecule has 5 heterocycles. The first-order chi connectivity index (χ1) is 18.3. The Kier molecular flexibility index (Phi) is 6.51. The van der Waals surface area contributed by atoms with Gasteiger partial charge in [-0.3, -0.25) is 14.5 Å². The summed E-state index contributed by atoms with van der Waals surface area (Å²) in [5.41, 5.74) is 0.314. The highest BCUT2D eigenvalue weighted by Gasteiger charge is 2.46. The van der Waals surface area contributed by atoms with Crippen molar-refractivity contribution < 1.29 is 13.7 Å². The number of pyridine rings is 1. The molecule has 200 valence electrons. The minimum atomic E-state index is -1.70. The molecule has 1 aliphatic carbocycles. The monoisotopic (exact) mass is 541 g/mol. The standard InChI is InChI=1S/C26H29ClFN7O3/c1-14-3-5-16(6-4-14)12-35-20-19(17-9-18(27)11-29-10-17)30-22(23-33-25(36)38-34-23)31-21(20)32-24(35)26(28)7-8-37-13-15(26)2/h9-11,14-16H,3-8,12-13H2,1-2H3,(H,33,34,36)/t14-,15?,16-,26?. The minimum absolute atomic E-state index is 0.0555. The first kappa shape index (κ1) is 25.1. The predicted octanol–water partition coefficient (Wildman–Crippen LogP) is 4.93. The predicted molar refractivity (Wildman–Crippen MR) is 138 cm³/mol. The van der Waals surface area contributed by atoms with Crippen molar-refractivity contribution in [1.82, 2.24) is 34.6 Å². The molecular formula is C26H29ClFN7O3. The van der Waals surface area contributed by atoms with Crippen LogP contribution in [0.4, 0.5) is 4.39 Å². The van der Waals surface area contributed by atoms with Gasteiger partial charge in [0.2, 0.25) is 11.6 Å². The molecule has 12 heteroatoms. The van der Waals surface area contributed by atoms with Gasteiger partial charge in [-0.25, -0.2) is 24.1 Å². The van der Waals surface area contributed by atoms with E-state index in [2.05, 4.69) is 31.6 Å². The summed E-state index contributed by atoms with van der Waals surface area (Å²) >= 11 is 6.31. The molecule has 10 nitrogen and oxygen atoms in total. The molecule has 1 saturated carbocycles. The van der Waals surface area contributed by atoms with Gasteiger partial charge >= 0.3 is 5.76 Å². The van der Waals surface area contributed by atoms with Crippen LogP contribution in [0.1, 0.15) is 51.8 Å². The van der Waals surface area contributed by atoms with E-state index in [9.17, 15) is 4.79 Å². The normalized spacial score (nSPS) is 26.2. The number of rotatable bonds is 5. The maximum atomic E-state index is 16.9. The van der Waals surface area contributed by atoms with Crippen LogP contribution in [-0.2, 0) is 17.0 Å². The van der Waals surface area contributed by atoms with Crippen LogP contribution in [0.3, 0.4) is 0 Å². The average molecular weight is 542 g/mol. The number of imidazole rings is 1. The average Bonchev–Trinajstić information content (AvgIpc) is 3.51. The quantitative estimate of drug-likeness (QED) is 0.377. The summed E-state index contributed by atoms with van der Waals surface area (Å²) in [6.45, 7) is 5.35.